The molecule has 0 spiro atoms. The molecule has 0 fully saturated rings. The molecule has 0 radical (unpaired) electrons. The van der Waals surface area contributed by atoms with Crippen LogP contribution in [0.3, 0.4) is 0 Å². The van der Waals surface area contributed by atoms with E-state index in [-0.39, 0.29) is 10.6 Å². The largest absolute Gasteiger partial charge is 0.497 e. The Balaban J connectivity index is 1.78. The smallest absolute Gasteiger partial charge is 0.285 e. The minimum Gasteiger partial charge on any atom is -0.497 e. The van der Waals surface area contributed by atoms with E-state index in [9.17, 15) is 13.2 Å². The van der Waals surface area contributed by atoms with E-state index in [4.69, 9.17) is 4.74 Å². The molecule has 0 aliphatic rings. The Morgan fingerprint density at radius 3 is 2.40 bits per heavy atom. The van der Waals surface area contributed by atoms with E-state index < -0.39 is 15.9 Å². The number of ether oxygens (including phenoxy) is 1. The number of methoxy groups -OCH3 is 1. The molecule has 1 heterocycles. The zero-order valence-corrected chi connectivity index (χ0v) is 14.1. The van der Waals surface area contributed by atoms with Crippen LogP contribution in [-0.4, -0.2) is 31.0 Å². The van der Waals surface area contributed by atoms with Crippen LogP contribution in [0.4, 0.5) is 0 Å². The molecular formula is C17H15N3O4S. The molecule has 1 N–H and O–H groups in total. The first-order valence-electron chi connectivity index (χ1n) is 7.30. The zero-order valence-electron chi connectivity index (χ0n) is 13.3. The van der Waals surface area contributed by atoms with Crippen LogP contribution >= 0.6 is 0 Å². The third kappa shape index (κ3) is 3.69. The van der Waals surface area contributed by atoms with Crippen molar-refractivity contribution in [2.45, 2.75) is 4.90 Å². The Morgan fingerprint density at radius 1 is 1.08 bits per heavy atom. The van der Waals surface area contributed by atoms with Crippen molar-refractivity contribution in [2.24, 2.45) is 0 Å². The summed E-state index contributed by atoms with van der Waals surface area (Å²) in [6.45, 7) is 0. The molecule has 0 bridgehead atoms. The highest BCUT2D eigenvalue weighted by molar-refractivity contribution is 7.90. The third-order valence-corrected chi connectivity index (χ3v) is 4.81. The van der Waals surface area contributed by atoms with Crippen molar-refractivity contribution < 1.29 is 17.9 Å². The number of carbonyl (C=O) groups excluding carboxylic acids is 1. The summed E-state index contributed by atoms with van der Waals surface area (Å²) in [5.41, 5.74) is 0.758. The van der Waals surface area contributed by atoms with E-state index in [1.807, 2.05) is 4.72 Å². The molecule has 0 saturated carbocycles. The first-order chi connectivity index (χ1) is 12.0. The Kier molecular flexibility index (Phi) is 4.53. The predicted octanol–water partition coefficient (Wildman–Crippen LogP) is 2.00. The number of sulfonamides is 1. The average molecular weight is 357 g/mol. The van der Waals surface area contributed by atoms with Crippen LogP contribution < -0.4 is 9.46 Å². The van der Waals surface area contributed by atoms with Gasteiger partial charge in [0.1, 0.15) is 17.8 Å². The highest BCUT2D eigenvalue weighted by Crippen LogP contribution is 2.15. The maximum Gasteiger partial charge on any atom is 0.285 e. The molecule has 0 aliphatic heterocycles. The fourth-order valence-corrected chi connectivity index (χ4v) is 3.15. The van der Waals surface area contributed by atoms with Crippen LogP contribution in [0, 0.1) is 0 Å². The lowest BCUT2D eigenvalue weighted by molar-refractivity contribution is 0.0977. The molecule has 3 aromatic rings. The van der Waals surface area contributed by atoms with Gasteiger partial charge in [-0.3, -0.25) is 4.79 Å². The highest BCUT2D eigenvalue weighted by Gasteiger charge is 2.20. The molecule has 7 nitrogen and oxygen atoms in total. The standard InChI is InChI=1S/C17H15N3O4S/c1-24-14-9-7-13(8-10-14)20-11-16(18-12-20)17(21)19-25(22,23)15-5-3-2-4-6-15/h2-12H,1H3,(H,19,21). The Morgan fingerprint density at radius 2 is 1.76 bits per heavy atom. The van der Waals surface area contributed by atoms with Crippen molar-refractivity contribution in [2.75, 3.05) is 7.11 Å². The predicted molar refractivity (Wildman–Crippen MR) is 91.2 cm³/mol. The molecule has 3 rings (SSSR count). The first-order valence-corrected chi connectivity index (χ1v) is 8.78. The van der Waals surface area contributed by atoms with Gasteiger partial charge in [-0.15, -0.1) is 0 Å². The molecular weight excluding hydrogens is 342 g/mol. The number of carbonyl (C=O) groups is 1. The van der Waals surface area contributed by atoms with Gasteiger partial charge in [0.25, 0.3) is 15.9 Å². The number of hydrogen-bond acceptors (Lipinski definition) is 5. The van der Waals surface area contributed by atoms with Gasteiger partial charge < -0.3 is 9.30 Å². The molecule has 0 saturated heterocycles. The number of nitrogens with zero attached hydrogens (tertiary/aromatic N) is 2. The number of amides is 1. The minimum atomic E-state index is -3.94. The fraction of sp³-hybridized carbons (Fsp3) is 0.0588. The van der Waals surface area contributed by atoms with Gasteiger partial charge in [-0.2, -0.15) is 0 Å². The number of nitrogens with one attached hydrogen (secondary N) is 1. The van der Waals surface area contributed by atoms with Gasteiger partial charge in [-0.1, -0.05) is 18.2 Å². The molecule has 128 valence electrons. The molecule has 8 heteroatoms. The maximum absolute atomic E-state index is 12.2. The van der Waals surface area contributed by atoms with Gasteiger partial charge in [-0.25, -0.2) is 18.1 Å². The number of benzene rings is 2. The molecule has 0 aliphatic carbocycles. The maximum atomic E-state index is 12.2. The molecule has 1 amide bonds. The lowest BCUT2D eigenvalue weighted by Crippen LogP contribution is -2.30. The summed E-state index contributed by atoms with van der Waals surface area (Å²) in [6.07, 6.45) is 2.89. The molecule has 0 unspecified atom stereocenters. The topological polar surface area (TPSA) is 90.3 Å². The van der Waals surface area contributed by atoms with E-state index in [0.717, 1.165) is 5.69 Å². The molecule has 0 atom stereocenters. The second-order valence-corrected chi connectivity index (χ2v) is 6.79. The van der Waals surface area contributed by atoms with Gasteiger partial charge in [0, 0.05) is 11.9 Å². The quantitative estimate of drug-likeness (QED) is 0.754. The second-order valence-electron chi connectivity index (χ2n) is 5.11. The van der Waals surface area contributed by atoms with Crippen LogP contribution in [0.15, 0.2) is 72.0 Å². The molecule has 25 heavy (non-hydrogen) atoms. The number of hydrogen-bond donors (Lipinski definition) is 1. The van der Waals surface area contributed by atoms with Gasteiger partial charge in [0.05, 0.1) is 12.0 Å². The van der Waals surface area contributed by atoms with Gasteiger partial charge in [-0.05, 0) is 36.4 Å². The van der Waals surface area contributed by atoms with E-state index in [0.29, 0.717) is 5.75 Å². The lowest BCUT2D eigenvalue weighted by atomic mass is 10.3. The van der Waals surface area contributed by atoms with Crippen LogP contribution in [0.1, 0.15) is 10.5 Å². The average Bonchev–Trinajstić information content (AvgIpc) is 3.12. The number of rotatable bonds is 5. The Labute approximate surface area is 144 Å². The lowest BCUT2D eigenvalue weighted by Gasteiger charge is -2.05. The zero-order chi connectivity index (χ0) is 17.9. The summed E-state index contributed by atoms with van der Waals surface area (Å²) >= 11 is 0. The normalized spacial score (nSPS) is 11.1. The van der Waals surface area contributed by atoms with Crippen molar-refractivity contribution in [3.63, 3.8) is 0 Å². The minimum absolute atomic E-state index is 0.00433. The van der Waals surface area contributed by atoms with E-state index in [2.05, 4.69) is 4.98 Å². The fourth-order valence-electron chi connectivity index (χ4n) is 2.17. The summed E-state index contributed by atoms with van der Waals surface area (Å²) in [4.78, 5) is 16.2. The van der Waals surface area contributed by atoms with Crippen molar-refractivity contribution >= 4 is 15.9 Å². The third-order valence-electron chi connectivity index (χ3n) is 3.47. The number of aromatic nitrogens is 2. The van der Waals surface area contributed by atoms with E-state index in [1.54, 1.807) is 54.1 Å². The van der Waals surface area contributed by atoms with Crippen molar-refractivity contribution in [3.8, 4) is 11.4 Å². The van der Waals surface area contributed by atoms with Crippen molar-refractivity contribution in [1.29, 1.82) is 0 Å². The summed E-state index contributed by atoms with van der Waals surface area (Å²) in [6, 6.07) is 14.8. The van der Waals surface area contributed by atoms with Crippen LogP contribution in [0.25, 0.3) is 5.69 Å². The summed E-state index contributed by atoms with van der Waals surface area (Å²) in [7, 11) is -2.37. The van der Waals surface area contributed by atoms with Crippen LogP contribution in [0.5, 0.6) is 5.75 Å². The van der Waals surface area contributed by atoms with Crippen molar-refractivity contribution in [1.82, 2.24) is 14.3 Å². The van der Waals surface area contributed by atoms with Crippen molar-refractivity contribution in [3.05, 3.63) is 72.8 Å². The van der Waals surface area contributed by atoms with Gasteiger partial charge in [0.2, 0.25) is 0 Å². The van der Waals surface area contributed by atoms with Gasteiger partial charge >= 0.3 is 0 Å². The molecule has 2 aromatic carbocycles. The molecule has 1 aromatic heterocycles. The van der Waals surface area contributed by atoms with E-state index >= 15 is 0 Å². The van der Waals surface area contributed by atoms with Gasteiger partial charge in [0.15, 0.2) is 0 Å². The monoisotopic (exact) mass is 357 g/mol. The highest BCUT2D eigenvalue weighted by atomic mass is 32.2. The summed E-state index contributed by atoms with van der Waals surface area (Å²) in [5, 5.41) is 0. The first kappa shape index (κ1) is 16.7. The summed E-state index contributed by atoms with van der Waals surface area (Å²) in [5.74, 6) is -0.0908. The Hall–Kier alpha value is -3.13. The van der Waals surface area contributed by atoms with Crippen LogP contribution in [-0.2, 0) is 10.0 Å². The Bertz CT molecular complexity index is 980. The number of imidazole rings is 1. The summed E-state index contributed by atoms with van der Waals surface area (Å²) < 4.78 is 33.1. The second kappa shape index (κ2) is 6.78. The van der Waals surface area contributed by atoms with E-state index in [1.165, 1.54) is 24.7 Å². The SMILES string of the molecule is COc1ccc(-n2cnc(C(=O)NS(=O)(=O)c3ccccc3)c2)cc1. The van der Waals surface area contributed by atoms with Crippen LogP contribution in [0.2, 0.25) is 0 Å².